The van der Waals surface area contributed by atoms with Crippen LogP contribution in [0, 0.1) is 0 Å². The van der Waals surface area contributed by atoms with Gasteiger partial charge >= 0.3 is 0 Å². The highest BCUT2D eigenvalue weighted by Gasteiger charge is 2.27. The van der Waals surface area contributed by atoms with E-state index >= 15 is 0 Å². The van der Waals surface area contributed by atoms with E-state index in [-0.39, 0.29) is 19.0 Å². The van der Waals surface area contributed by atoms with Gasteiger partial charge in [0.2, 0.25) is 0 Å². The standard InChI is InChI=1S/C14H18N2O3/c1-2-14(8-17,9-18)16-13-12-7-11(19)4-3-10(12)5-6-15-13/h3-7,17-19H,2,8-9H2,1H3,(H,15,16). The van der Waals surface area contributed by atoms with Crippen LogP contribution in [0.15, 0.2) is 30.5 Å². The highest BCUT2D eigenvalue weighted by Crippen LogP contribution is 2.27. The Hall–Kier alpha value is -1.85. The summed E-state index contributed by atoms with van der Waals surface area (Å²) in [6.07, 6.45) is 2.20. The third-order valence-electron chi connectivity index (χ3n) is 3.42. The first-order chi connectivity index (χ1) is 9.14. The summed E-state index contributed by atoms with van der Waals surface area (Å²) in [6, 6.07) is 6.85. The summed E-state index contributed by atoms with van der Waals surface area (Å²) in [6.45, 7) is 1.48. The van der Waals surface area contributed by atoms with Gasteiger partial charge in [-0.25, -0.2) is 4.98 Å². The molecule has 0 aliphatic heterocycles. The van der Waals surface area contributed by atoms with Gasteiger partial charge in [0.05, 0.1) is 18.8 Å². The minimum Gasteiger partial charge on any atom is -0.508 e. The molecule has 0 spiro atoms. The summed E-state index contributed by atoms with van der Waals surface area (Å²) in [5.74, 6) is 0.692. The lowest BCUT2D eigenvalue weighted by molar-refractivity contribution is 0.132. The number of phenolic OH excluding ortho intramolecular Hbond substituents is 1. The smallest absolute Gasteiger partial charge is 0.134 e. The van der Waals surface area contributed by atoms with Gasteiger partial charge in [-0.05, 0) is 30.0 Å². The summed E-state index contributed by atoms with van der Waals surface area (Å²) in [5.41, 5.74) is -0.813. The first-order valence-electron chi connectivity index (χ1n) is 6.22. The van der Waals surface area contributed by atoms with Gasteiger partial charge in [-0.3, -0.25) is 0 Å². The van der Waals surface area contributed by atoms with Crippen molar-refractivity contribution in [1.82, 2.24) is 4.98 Å². The van der Waals surface area contributed by atoms with Crippen molar-refractivity contribution in [2.24, 2.45) is 0 Å². The first-order valence-corrected chi connectivity index (χ1v) is 6.22. The van der Waals surface area contributed by atoms with Crippen LogP contribution >= 0.6 is 0 Å². The van der Waals surface area contributed by atoms with Gasteiger partial charge in [-0.1, -0.05) is 13.0 Å². The fraction of sp³-hybridized carbons (Fsp3) is 0.357. The summed E-state index contributed by atoms with van der Waals surface area (Å²) in [4.78, 5) is 4.23. The highest BCUT2D eigenvalue weighted by molar-refractivity contribution is 5.92. The minimum atomic E-state index is -0.813. The Labute approximate surface area is 111 Å². The van der Waals surface area contributed by atoms with Gasteiger partial charge in [0.25, 0.3) is 0 Å². The van der Waals surface area contributed by atoms with Crippen LogP contribution in [0.2, 0.25) is 0 Å². The number of hydrogen-bond donors (Lipinski definition) is 4. The largest absolute Gasteiger partial charge is 0.508 e. The van der Waals surface area contributed by atoms with Gasteiger partial charge in [0.15, 0.2) is 0 Å². The Kier molecular flexibility index (Phi) is 3.87. The van der Waals surface area contributed by atoms with Gasteiger partial charge < -0.3 is 20.6 Å². The molecule has 102 valence electrons. The number of rotatable bonds is 5. The second kappa shape index (κ2) is 5.42. The van der Waals surface area contributed by atoms with E-state index in [4.69, 9.17) is 0 Å². The van der Waals surface area contributed by atoms with Crippen LogP contribution in [-0.2, 0) is 0 Å². The highest BCUT2D eigenvalue weighted by atomic mass is 16.3. The van der Waals surface area contributed by atoms with E-state index in [1.807, 2.05) is 13.0 Å². The Morgan fingerprint density at radius 2 is 1.95 bits per heavy atom. The van der Waals surface area contributed by atoms with Crippen LogP contribution < -0.4 is 5.32 Å². The van der Waals surface area contributed by atoms with Crippen molar-refractivity contribution in [3.05, 3.63) is 30.5 Å². The molecule has 2 rings (SSSR count). The monoisotopic (exact) mass is 262 g/mol. The number of nitrogens with zero attached hydrogens (tertiary/aromatic N) is 1. The first kappa shape index (κ1) is 13.6. The number of pyridine rings is 1. The Balaban J connectivity index is 2.47. The molecule has 0 atom stereocenters. The van der Waals surface area contributed by atoms with E-state index in [9.17, 15) is 15.3 Å². The van der Waals surface area contributed by atoms with Crippen LogP contribution in [0.25, 0.3) is 10.8 Å². The molecular formula is C14H18N2O3. The lowest BCUT2D eigenvalue weighted by Crippen LogP contribution is -2.45. The predicted octanol–water partition coefficient (Wildman–Crippen LogP) is 1.49. The Bertz CT molecular complexity index is 559. The van der Waals surface area contributed by atoms with Crippen LogP contribution in [0.3, 0.4) is 0 Å². The van der Waals surface area contributed by atoms with Crippen molar-refractivity contribution < 1.29 is 15.3 Å². The molecule has 0 radical (unpaired) electrons. The van der Waals surface area contributed by atoms with Gasteiger partial charge in [-0.2, -0.15) is 0 Å². The average molecular weight is 262 g/mol. The zero-order chi connectivity index (χ0) is 13.9. The van der Waals surface area contributed by atoms with E-state index in [1.165, 1.54) is 0 Å². The molecular weight excluding hydrogens is 244 g/mol. The molecule has 0 saturated carbocycles. The third-order valence-corrected chi connectivity index (χ3v) is 3.42. The van der Waals surface area contributed by atoms with Crippen molar-refractivity contribution in [2.75, 3.05) is 18.5 Å². The molecule has 1 aromatic carbocycles. The molecule has 0 saturated heterocycles. The minimum absolute atomic E-state index is 0.152. The molecule has 1 heterocycles. The summed E-state index contributed by atoms with van der Waals surface area (Å²) < 4.78 is 0. The molecule has 5 nitrogen and oxygen atoms in total. The zero-order valence-corrected chi connectivity index (χ0v) is 10.8. The number of anilines is 1. The second-order valence-corrected chi connectivity index (χ2v) is 4.64. The lowest BCUT2D eigenvalue weighted by atomic mass is 9.98. The fourth-order valence-electron chi connectivity index (χ4n) is 1.95. The van der Waals surface area contributed by atoms with Crippen LogP contribution in [0.1, 0.15) is 13.3 Å². The van der Waals surface area contributed by atoms with Crippen molar-refractivity contribution in [2.45, 2.75) is 18.9 Å². The van der Waals surface area contributed by atoms with Crippen LogP contribution in [0.5, 0.6) is 5.75 Å². The SMILES string of the molecule is CCC(CO)(CO)Nc1nccc2ccc(O)cc12. The molecule has 0 aliphatic carbocycles. The van der Waals surface area contributed by atoms with E-state index < -0.39 is 5.54 Å². The molecule has 0 fully saturated rings. The van der Waals surface area contributed by atoms with Crippen molar-refractivity contribution in [1.29, 1.82) is 0 Å². The number of hydrogen-bond acceptors (Lipinski definition) is 5. The second-order valence-electron chi connectivity index (χ2n) is 4.64. The van der Waals surface area contributed by atoms with Gasteiger partial charge in [0.1, 0.15) is 11.6 Å². The fourth-order valence-corrected chi connectivity index (χ4v) is 1.95. The number of benzene rings is 1. The van der Waals surface area contributed by atoms with E-state index in [0.29, 0.717) is 12.2 Å². The summed E-state index contributed by atoms with van der Waals surface area (Å²) in [5, 5.41) is 33.3. The summed E-state index contributed by atoms with van der Waals surface area (Å²) in [7, 11) is 0. The molecule has 1 aromatic heterocycles. The number of phenols is 1. The Morgan fingerprint density at radius 3 is 2.58 bits per heavy atom. The maximum atomic E-state index is 9.57. The third kappa shape index (κ3) is 2.62. The number of aromatic hydroxyl groups is 1. The molecule has 0 aliphatic rings. The van der Waals surface area contributed by atoms with Gasteiger partial charge in [-0.15, -0.1) is 0 Å². The quantitative estimate of drug-likeness (QED) is 0.656. The topological polar surface area (TPSA) is 85.6 Å². The molecule has 0 amide bonds. The molecule has 5 heteroatoms. The van der Waals surface area contributed by atoms with Gasteiger partial charge in [0, 0.05) is 11.6 Å². The van der Waals surface area contributed by atoms with E-state index in [2.05, 4.69) is 10.3 Å². The van der Waals surface area contributed by atoms with Crippen molar-refractivity contribution >= 4 is 16.6 Å². The molecule has 0 unspecified atom stereocenters. The maximum Gasteiger partial charge on any atom is 0.134 e. The van der Waals surface area contributed by atoms with Crippen LogP contribution in [0.4, 0.5) is 5.82 Å². The lowest BCUT2D eigenvalue weighted by Gasteiger charge is -2.30. The maximum absolute atomic E-state index is 9.57. The molecule has 4 N–H and O–H groups in total. The Morgan fingerprint density at radius 1 is 1.21 bits per heavy atom. The van der Waals surface area contributed by atoms with E-state index in [0.717, 1.165) is 10.8 Å². The normalized spacial score (nSPS) is 11.7. The number of aliphatic hydroxyl groups excluding tert-OH is 2. The number of aromatic nitrogens is 1. The zero-order valence-electron chi connectivity index (χ0n) is 10.8. The van der Waals surface area contributed by atoms with Crippen molar-refractivity contribution in [3.8, 4) is 5.75 Å². The predicted molar refractivity (Wildman–Crippen MR) is 74.2 cm³/mol. The van der Waals surface area contributed by atoms with E-state index in [1.54, 1.807) is 24.4 Å². The molecule has 2 aromatic rings. The average Bonchev–Trinajstić information content (AvgIpc) is 2.45. The summed E-state index contributed by atoms with van der Waals surface area (Å²) >= 11 is 0. The van der Waals surface area contributed by atoms with Crippen molar-refractivity contribution in [3.63, 3.8) is 0 Å². The number of nitrogens with one attached hydrogen (secondary N) is 1. The molecule has 0 bridgehead atoms. The molecule has 19 heavy (non-hydrogen) atoms. The number of fused-ring (bicyclic) bond motifs is 1. The van der Waals surface area contributed by atoms with Crippen LogP contribution in [-0.4, -0.2) is 39.1 Å². The number of aliphatic hydroxyl groups is 2.